The highest BCUT2D eigenvalue weighted by Gasteiger charge is 2.43. The normalized spacial score (nSPS) is 27.5. The number of para-hydroxylation sites is 1. The van der Waals surface area contributed by atoms with Crippen LogP contribution in [0.2, 0.25) is 0 Å². The van der Waals surface area contributed by atoms with E-state index in [-0.39, 0.29) is 24.1 Å². The van der Waals surface area contributed by atoms with Crippen LogP contribution in [0, 0.1) is 0 Å². The van der Waals surface area contributed by atoms with Gasteiger partial charge in [0.15, 0.2) is 0 Å². The molecule has 21 heavy (non-hydrogen) atoms. The number of rotatable bonds is 4. The Morgan fingerprint density at radius 3 is 2.67 bits per heavy atom. The van der Waals surface area contributed by atoms with E-state index < -0.39 is 0 Å². The molecule has 2 aliphatic rings. The van der Waals surface area contributed by atoms with Gasteiger partial charge in [0, 0.05) is 24.3 Å². The average Bonchev–Trinajstić information content (AvgIpc) is 2.76. The van der Waals surface area contributed by atoms with Crippen LogP contribution in [0.4, 0.5) is 5.69 Å². The zero-order chi connectivity index (χ0) is 14.8. The van der Waals surface area contributed by atoms with Gasteiger partial charge in [-0.3, -0.25) is 4.79 Å². The summed E-state index contributed by atoms with van der Waals surface area (Å²) in [6.07, 6.45) is 4.98. The van der Waals surface area contributed by atoms with Gasteiger partial charge in [0.25, 0.3) is 5.91 Å². The lowest BCUT2D eigenvalue weighted by atomic mass is 9.98. The first kappa shape index (κ1) is 14.1. The molecule has 0 radical (unpaired) electrons. The van der Waals surface area contributed by atoms with E-state index in [2.05, 4.69) is 11.9 Å². The van der Waals surface area contributed by atoms with Crippen molar-refractivity contribution in [2.45, 2.75) is 43.9 Å². The number of aliphatic hydroxyl groups is 1. The van der Waals surface area contributed by atoms with Gasteiger partial charge in [-0.1, -0.05) is 18.2 Å². The molecule has 2 aliphatic heterocycles. The van der Waals surface area contributed by atoms with Crippen LogP contribution in [0.3, 0.4) is 0 Å². The van der Waals surface area contributed by atoms with Gasteiger partial charge in [-0.05, 0) is 37.8 Å². The first-order valence-electron chi connectivity index (χ1n) is 7.65. The maximum Gasteiger partial charge on any atom is 0.256 e. The predicted molar refractivity (Wildman–Crippen MR) is 83.3 cm³/mol. The molecule has 2 fully saturated rings. The number of hydrogen-bond acceptors (Lipinski definition) is 3. The minimum absolute atomic E-state index is 0.0848. The Morgan fingerprint density at radius 2 is 2.00 bits per heavy atom. The molecule has 1 aromatic carbocycles. The Kier molecular flexibility index (Phi) is 3.97. The van der Waals surface area contributed by atoms with Crippen molar-refractivity contribution >= 4 is 11.6 Å². The molecule has 4 nitrogen and oxygen atoms in total. The number of fused-ring (bicyclic) bond motifs is 2. The van der Waals surface area contributed by atoms with E-state index in [1.54, 1.807) is 6.08 Å². The number of anilines is 1. The molecule has 0 aliphatic carbocycles. The number of carbonyl (C=O) groups excluding carboxylic acids is 1. The molecule has 2 bridgehead atoms. The van der Waals surface area contributed by atoms with Crippen molar-refractivity contribution in [1.82, 2.24) is 4.90 Å². The molecule has 0 aromatic heterocycles. The number of benzene rings is 1. The topological polar surface area (TPSA) is 52.6 Å². The first-order chi connectivity index (χ1) is 10.2. The fourth-order valence-corrected chi connectivity index (χ4v) is 3.62. The molecule has 112 valence electrons. The molecular weight excluding hydrogens is 264 g/mol. The lowest BCUT2D eigenvalue weighted by Crippen LogP contribution is -2.48. The third-order valence-electron chi connectivity index (χ3n) is 4.54. The number of aliphatic hydroxyl groups excluding tert-OH is 1. The van der Waals surface area contributed by atoms with Crippen molar-refractivity contribution in [3.05, 3.63) is 42.5 Å². The summed E-state index contributed by atoms with van der Waals surface area (Å²) in [7, 11) is 0. The van der Waals surface area contributed by atoms with Crippen molar-refractivity contribution in [2.75, 3.05) is 11.9 Å². The second-order valence-electron chi connectivity index (χ2n) is 5.94. The van der Waals surface area contributed by atoms with Gasteiger partial charge in [0.1, 0.15) is 0 Å². The quantitative estimate of drug-likeness (QED) is 0.836. The highest BCUT2D eigenvalue weighted by Crippen LogP contribution is 2.37. The molecule has 1 aromatic rings. The summed E-state index contributed by atoms with van der Waals surface area (Å²) in [4.78, 5) is 14.9. The lowest BCUT2D eigenvalue weighted by molar-refractivity contribution is 0.0287. The van der Waals surface area contributed by atoms with Gasteiger partial charge >= 0.3 is 0 Å². The molecular formula is C17H22N2O2. The Bertz CT molecular complexity index is 529. The summed E-state index contributed by atoms with van der Waals surface area (Å²) in [6.45, 7) is 4.33. The molecule has 3 rings (SSSR count). The van der Waals surface area contributed by atoms with E-state index in [0.717, 1.165) is 18.5 Å². The summed E-state index contributed by atoms with van der Waals surface area (Å²) in [6, 6.07) is 8.01. The number of nitrogens with one attached hydrogen (secondary N) is 1. The monoisotopic (exact) mass is 286 g/mol. The van der Waals surface area contributed by atoms with Crippen LogP contribution in [0.5, 0.6) is 0 Å². The van der Waals surface area contributed by atoms with Crippen LogP contribution in [0.1, 0.15) is 36.0 Å². The van der Waals surface area contributed by atoms with E-state index in [1.807, 2.05) is 29.2 Å². The summed E-state index contributed by atoms with van der Waals surface area (Å²) in [5, 5.41) is 13.1. The van der Waals surface area contributed by atoms with Gasteiger partial charge in [-0.25, -0.2) is 0 Å². The highest BCUT2D eigenvalue weighted by atomic mass is 16.3. The number of carbonyl (C=O) groups is 1. The number of nitrogens with zero attached hydrogens (tertiary/aromatic N) is 1. The highest BCUT2D eigenvalue weighted by molar-refractivity contribution is 6.00. The Morgan fingerprint density at radius 1 is 1.33 bits per heavy atom. The van der Waals surface area contributed by atoms with Gasteiger partial charge < -0.3 is 15.3 Å². The van der Waals surface area contributed by atoms with Crippen LogP contribution in [-0.2, 0) is 0 Å². The van der Waals surface area contributed by atoms with Crippen molar-refractivity contribution in [3.63, 3.8) is 0 Å². The third kappa shape index (κ3) is 2.68. The van der Waals surface area contributed by atoms with Crippen LogP contribution >= 0.6 is 0 Å². The van der Waals surface area contributed by atoms with Crippen LogP contribution in [-0.4, -0.2) is 40.6 Å². The van der Waals surface area contributed by atoms with E-state index >= 15 is 0 Å². The van der Waals surface area contributed by atoms with Crippen molar-refractivity contribution in [3.8, 4) is 0 Å². The molecule has 2 saturated heterocycles. The Balaban J connectivity index is 1.84. The standard InChI is InChI=1S/C17H22N2O2/c1-2-9-18-16-6-4-3-5-15(16)17(21)19-12-7-8-13(19)11-14(20)10-12/h2-6,12-14,18,20H,1,7-11H2/t12-,13+,14?. The Labute approximate surface area is 125 Å². The van der Waals surface area contributed by atoms with Crippen LogP contribution in [0.15, 0.2) is 36.9 Å². The van der Waals surface area contributed by atoms with Gasteiger partial charge in [0.05, 0.1) is 11.7 Å². The molecule has 2 heterocycles. The van der Waals surface area contributed by atoms with Gasteiger partial charge in [-0.15, -0.1) is 6.58 Å². The van der Waals surface area contributed by atoms with E-state index in [4.69, 9.17) is 0 Å². The second kappa shape index (κ2) is 5.90. The van der Waals surface area contributed by atoms with Crippen molar-refractivity contribution in [1.29, 1.82) is 0 Å². The molecule has 0 spiro atoms. The molecule has 1 unspecified atom stereocenters. The maximum atomic E-state index is 12.9. The fraction of sp³-hybridized carbons (Fsp3) is 0.471. The largest absolute Gasteiger partial charge is 0.393 e. The fourth-order valence-electron chi connectivity index (χ4n) is 3.62. The van der Waals surface area contributed by atoms with Crippen molar-refractivity contribution < 1.29 is 9.90 Å². The molecule has 2 N–H and O–H groups in total. The second-order valence-corrected chi connectivity index (χ2v) is 5.94. The summed E-state index contributed by atoms with van der Waals surface area (Å²) >= 11 is 0. The van der Waals surface area contributed by atoms with Gasteiger partial charge in [-0.2, -0.15) is 0 Å². The summed E-state index contributed by atoms with van der Waals surface area (Å²) in [5.74, 6) is 0.0848. The first-order valence-corrected chi connectivity index (χ1v) is 7.65. The summed E-state index contributed by atoms with van der Waals surface area (Å²) < 4.78 is 0. The van der Waals surface area contributed by atoms with Gasteiger partial charge in [0.2, 0.25) is 0 Å². The predicted octanol–water partition coefficient (Wildman–Crippen LogP) is 2.41. The zero-order valence-electron chi connectivity index (χ0n) is 12.2. The molecule has 1 amide bonds. The van der Waals surface area contributed by atoms with E-state index in [9.17, 15) is 9.90 Å². The average molecular weight is 286 g/mol. The van der Waals surface area contributed by atoms with Crippen molar-refractivity contribution in [2.24, 2.45) is 0 Å². The smallest absolute Gasteiger partial charge is 0.256 e. The number of piperidine rings is 1. The number of hydrogen-bond donors (Lipinski definition) is 2. The van der Waals surface area contributed by atoms with Crippen LogP contribution in [0.25, 0.3) is 0 Å². The Hall–Kier alpha value is -1.81. The third-order valence-corrected chi connectivity index (χ3v) is 4.54. The minimum atomic E-state index is -0.249. The minimum Gasteiger partial charge on any atom is -0.393 e. The number of amides is 1. The molecule has 4 heteroatoms. The maximum absolute atomic E-state index is 12.9. The summed E-state index contributed by atoms with van der Waals surface area (Å²) in [5.41, 5.74) is 1.57. The molecule has 3 atom stereocenters. The SMILES string of the molecule is C=CCNc1ccccc1C(=O)N1[C@@H]2CC[C@H]1CC(O)C2. The van der Waals surface area contributed by atoms with E-state index in [1.165, 1.54) is 0 Å². The zero-order valence-corrected chi connectivity index (χ0v) is 12.2. The lowest BCUT2D eigenvalue weighted by Gasteiger charge is -2.37. The van der Waals surface area contributed by atoms with Crippen LogP contribution < -0.4 is 5.32 Å². The van der Waals surface area contributed by atoms with E-state index in [0.29, 0.717) is 24.9 Å². The molecule has 0 saturated carbocycles.